The van der Waals surface area contributed by atoms with Crippen LogP contribution in [0, 0.1) is 25.7 Å². The van der Waals surface area contributed by atoms with Gasteiger partial charge in [0.2, 0.25) is 5.89 Å². The highest BCUT2D eigenvalue weighted by Gasteiger charge is 2.23. The van der Waals surface area contributed by atoms with Crippen molar-refractivity contribution in [3.63, 3.8) is 0 Å². The third-order valence-corrected chi connectivity index (χ3v) is 4.84. The summed E-state index contributed by atoms with van der Waals surface area (Å²) in [6, 6.07) is 0.524. The number of hydrogen-bond donors (Lipinski definition) is 2. The lowest BCUT2D eigenvalue weighted by Gasteiger charge is -2.32. The monoisotopic (exact) mass is 320 g/mol. The number of rotatable bonds is 5. The molecule has 1 aromatic heterocycles. The van der Waals surface area contributed by atoms with Crippen LogP contribution in [0.3, 0.4) is 0 Å². The molecule has 0 bridgehead atoms. The Kier molecular flexibility index (Phi) is 6.48. The maximum Gasteiger partial charge on any atom is 0.216 e. The summed E-state index contributed by atoms with van der Waals surface area (Å²) in [5, 5.41) is 6.90. The quantitative estimate of drug-likeness (QED) is 0.643. The number of nitrogens with zero attached hydrogens (tertiary/aromatic N) is 2. The van der Waals surface area contributed by atoms with Crippen molar-refractivity contribution in [2.75, 3.05) is 6.54 Å². The maximum atomic E-state index is 5.60. The highest BCUT2D eigenvalue weighted by molar-refractivity contribution is 5.80. The smallest absolute Gasteiger partial charge is 0.216 e. The van der Waals surface area contributed by atoms with Gasteiger partial charge in [-0.2, -0.15) is 0 Å². The molecule has 0 atom stereocenters. The predicted octanol–water partition coefficient (Wildman–Crippen LogP) is 3.56. The van der Waals surface area contributed by atoms with Crippen molar-refractivity contribution in [3.8, 4) is 0 Å². The zero-order valence-electron chi connectivity index (χ0n) is 15.3. The van der Waals surface area contributed by atoms with E-state index in [9.17, 15) is 0 Å². The van der Waals surface area contributed by atoms with Gasteiger partial charge in [0.25, 0.3) is 0 Å². The van der Waals surface area contributed by atoms with Crippen LogP contribution in [0.1, 0.15) is 63.8 Å². The lowest BCUT2D eigenvalue weighted by atomic mass is 9.80. The van der Waals surface area contributed by atoms with Crippen LogP contribution in [0.4, 0.5) is 0 Å². The van der Waals surface area contributed by atoms with E-state index in [1.165, 1.54) is 25.7 Å². The van der Waals surface area contributed by atoms with Crippen molar-refractivity contribution < 1.29 is 4.42 Å². The number of hydrogen-bond acceptors (Lipinski definition) is 3. The van der Waals surface area contributed by atoms with Crippen LogP contribution in [-0.4, -0.2) is 23.5 Å². The van der Waals surface area contributed by atoms with E-state index in [0.29, 0.717) is 18.5 Å². The molecule has 0 radical (unpaired) electrons. The molecule has 1 fully saturated rings. The molecule has 5 heteroatoms. The van der Waals surface area contributed by atoms with E-state index < -0.39 is 0 Å². The maximum absolute atomic E-state index is 5.60. The Morgan fingerprint density at radius 1 is 1.26 bits per heavy atom. The molecule has 2 rings (SSSR count). The van der Waals surface area contributed by atoms with Crippen LogP contribution in [-0.2, 0) is 6.54 Å². The fourth-order valence-electron chi connectivity index (χ4n) is 3.20. The molecule has 1 saturated carbocycles. The molecular weight excluding hydrogens is 288 g/mol. The molecule has 130 valence electrons. The first kappa shape index (κ1) is 17.8. The van der Waals surface area contributed by atoms with Crippen LogP contribution in [0.15, 0.2) is 9.41 Å². The van der Waals surface area contributed by atoms with Gasteiger partial charge in [-0.15, -0.1) is 0 Å². The summed E-state index contributed by atoms with van der Waals surface area (Å²) in [5.41, 5.74) is 0.945. The Bertz CT molecular complexity index is 494. The number of guanidine groups is 1. The second-order valence-corrected chi connectivity index (χ2v) is 6.94. The van der Waals surface area contributed by atoms with E-state index >= 15 is 0 Å². The second-order valence-electron chi connectivity index (χ2n) is 6.94. The van der Waals surface area contributed by atoms with Gasteiger partial charge in [0.1, 0.15) is 12.3 Å². The van der Waals surface area contributed by atoms with Crippen LogP contribution >= 0.6 is 0 Å². The molecule has 0 spiro atoms. The highest BCUT2D eigenvalue weighted by Crippen LogP contribution is 2.29. The molecule has 0 aromatic carbocycles. The number of aryl methyl sites for hydroxylation is 2. The third-order valence-electron chi connectivity index (χ3n) is 4.84. The van der Waals surface area contributed by atoms with E-state index in [4.69, 9.17) is 4.42 Å². The van der Waals surface area contributed by atoms with Gasteiger partial charge in [0.15, 0.2) is 5.96 Å². The van der Waals surface area contributed by atoms with Gasteiger partial charge < -0.3 is 15.1 Å². The third kappa shape index (κ3) is 5.26. The average molecular weight is 320 g/mol. The Labute approximate surface area is 140 Å². The normalized spacial score (nSPS) is 22.4. The second kappa shape index (κ2) is 8.37. The van der Waals surface area contributed by atoms with E-state index in [1.54, 1.807) is 0 Å². The van der Waals surface area contributed by atoms with Gasteiger partial charge in [-0.1, -0.05) is 13.8 Å². The Morgan fingerprint density at radius 3 is 2.48 bits per heavy atom. The van der Waals surface area contributed by atoms with Gasteiger partial charge >= 0.3 is 0 Å². The van der Waals surface area contributed by atoms with Crippen LogP contribution < -0.4 is 10.6 Å². The van der Waals surface area contributed by atoms with E-state index in [2.05, 4.69) is 41.4 Å². The van der Waals surface area contributed by atoms with Gasteiger partial charge in [-0.05, 0) is 58.3 Å². The molecule has 0 amide bonds. The topological polar surface area (TPSA) is 62.5 Å². The summed E-state index contributed by atoms with van der Waals surface area (Å²) in [5.74, 6) is 4.11. The SMILES string of the molecule is CCNC(=NCc1nc(C)c(C)o1)NC1CCC(C(C)C)CC1. The number of aliphatic imine (C=N–C) groups is 1. The van der Waals surface area contributed by atoms with E-state index in [0.717, 1.165) is 35.8 Å². The summed E-state index contributed by atoms with van der Waals surface area (Å²) in [7, 11) is 0. The first-order valence-electron chi connectivity index (χ1n) is 8.97. The summed E-state index contributed by atoms with van der Waals surface area (Å²) < 4.78 is 5.60. The lowest BCUT2D eigenvalue weighted by molar-refractivity contribution is 0.250. The van der Waals surface area contributed by atoms with Crippen molar-refractivity contribution in [3.05, 3.63) is 17.3 Å². The molecule has 1 aliphatic rings. The molecule has 1 aliphatic carbocycles. The molecule has 1 heterocycles. The minimum Gasteiger partial charge on any atom is -0.444 e. The number of aromatic nitrogens is 1. The zero-order chi connectivity index (χ0) is 16.8. The first-order chi connectivity index (χ1) is 11.0. The molecular formula is C18H32N4O. The van der Waals surface area contributed by atoms with Crippen molar-refractivity contribution in [1.29, 1.82) is 0 Å². The van der Waals surface area contributed by atoms with E-state index in [1.807, 2.05) is 13.8 Å². The summed E-state index contributed by atoms with van der Waals surface area (Å²) in [6.45, 7) is 12.0. The average Bonchev–Trinajstić information content (AvgIpc) is 2.84. The van der Waals surface area contributed by atoms with Crippen molar-refractivity contribution in [1.82, 2.24) is 15.6 Å². The summed E-state index contributed by atoms with van der Waals surface area (Å²) in [4.78, 5) is 9.01. The molecule has 0 saturated heterocycles. The standard InChI is InChI=1S/C18H32N4O/c1-6-19-18(20-11-17-21-13(4)14(5)23-17)22-16-9-7-15(8-10-16)12(2)3/h12,15-16H,6-11H2,1-5H3,(H2,19,20,22). The number of oxazole rings is 1. The van der Waals surface area contributed by atoms with Crippen LogP contribution in [0.25, 0.3) is 0 Å². The zero-order valence-corrected chi connectivity index (χ0v) is 15.3. The predicted molar refractivity (Wildman–Crippen MR) is 94.5 cm³/mol. The van der Waals surface area contributed by atoms with Crippen LogP contribution in [0.5, 0.6) is 0 Å². The van der Waals surface area contributed by atoms with Crippen molar-refractivity contribution in [2.45, 2.75) is 72.9 Å². The fraction of sp³-hybridized carbons (Fsp3) is 0.778. The Balaban J connectivity index is 1.89. The lowest BCUT2D eigenvalue weighted by Crippen LogP contribution is -2.45. The largest absolute Gasteiger partial charge is 0.444 e. The first-order valence-corrected chi connectivity index (χ1v) is 8.97. The van der Waals surface area contributed by atoms with Gasteiger partial charge in [-0.25, -0.2) is 9.98 Å². The van der Waals surface area contributed by atoms with E-state index in [-0.39, 0.29) is 0 Å². The number of nitrogens with one attached hydrogen (secondary N) is 2. The Morgan fingerprint density at radius 2 is 1.96 bits per heavy atom. The molecule has 2 N–H and O–H groups in total. The van der Waals surface area contributed by atoms with Gasteiger partial charge in [0, 0.05) is 12.6 Å². The molecule has 23 heavy (non-hydrogen) atoms. The van der Waals surface area contributed by atoms with Crippen molar-refractivity contribution >= 4 is 5.96 Å². The van der Waals surface area contributed by atoms with Crippen molar-refractivity contribution in [2.24, 2.45) is 16.8 Å². The van der Waals surface area contributed by atoms with Gasteiger partial charge in [0.05, 0.1) is 5.69 Å². The summed E-state index contributed by atoms with van der Waals surface area (Å²) >= 11 is 0. The minimum absolute atomic E-state index is 0.478. The van der Waals surface area contributed by atoms with Gasteiger partial charge in [-0.3, -0.25) is 0 Å². The minimum atomic E-state index is 0.478. The highest BCUT2D eigenvalue weighted by atomic mass is 16.4. The molecule has 0 unspecified atom stereocenters. The fourth-order valence-corrected chi connectivity index (χ4v) is 3.20. The van der Waals surface area contributed by atoms with Crippen LogP contribution in [0.2, 0.25) is 0 Å². The summed E-state index contributed by atoms with van der Waals surface area (Å²) in [6.07, 6.45) is 5.08. The molecule has 5 nitrogen and oxygen atoms in total. The molecule has 1 aromatic rings. The Hall–Kier alpha value is -1.52. The molecule has 0 aliphatic heterocycles.